The molecule has 0 fully saturated rings. The SMILES string of the molecule is CCCCC(=O)N(CCC(=O)O)c1ccccc1C. The average molecular weight is 263 g/mol. The number of carbonyl (C=O) groups is 2. The second kappa shape index (κ2) is 7.56. The number of aryl methyl sites for hydroxylation is 1. The van der Waals surface area contributed by atoms with Gasteiger partial charge in [-0.3, -0.25) is 9.59 Å². The van der Waals surface area contributed by atoms with Crippen molar-refractivity contribution in [1.82, 2.24) is 0 Å². The summed E-state index contributed by atoms with van der Waals surface area (Å²) < 4.78 is 0. The van der Waals surface area contributed by atoms with E-state index in [-0.39, 0.29) is 18.9 Å². The van der Waals surface area contributed by atoms with Crippen molar-refractivity contribution in [2.45, 2.75) is 39.5 Å². The summed E-state index contributed by atoms with van der Waals surface area (Å²) in [6.07, 6.45) is 2.21. The van der Waals surface area contributed by atoms with Crippen molar-refractivity contribution >= 4 is 17.6 Å². The van der Waals surface area contributed by atoms with Gasteiger partial charge in [0, 0.05) is 18.7 Å². The van der Waals surface area contributed by atoms with Gasteiger partial charge in [0.2, 0.25) is 5.91 Å². The maximum atomic E-state index is 12.2. The van der Waals surface area contributed by atoms with E-state index in [0.29, 0.717) is 6.42 Å². The van der Waals surface area contributed by atoms with E-state index in [1.165, 1.54) is 0 Å². The van der Waals surface area contributed by atoms with E-state index in [1.807, 2.05) is 38.1 Å². The minimum Gasteiger partial charge on any atom is -0.481 e. The molecular weight excluding hydrogens is 242 g/mol. The Bertz CT molecular complexity index is 443. The number of hydrogen-bond donors (Lipinski definition) is 1. The van der Waals surface area contributed by atoms with Gasteiger partial charge < -0.3 is 10.0 Å². The van der Waals surface area contributed by atoms with Crippen molar-refractivity contribution in [1.29, 1.82) is 0 Å². The molecule has 1 rings (SSSR count). The lowest BCUT2D eigenvalue weighted by Gasteiger charge is -2.24. The number of anilines is 1. The molecule has 0 heterocycles. The molecule has 0 aromatic heterocycles. The molecule has 0 saturated carbocycles. The van der Waals surface area contributed by atoms with Gasteiger partial charge in [-0.1, -0.05) is 31.5 Å². The molecule has 4 nitrogen and oxygen atoms in total. The average Bonchev–Trinajstić information content (AvgIpc) is 2.38. The molecular formula is C15H21NO3. The number of hydrogen-bond acceptors (Lipinski definition) is 2. The van der Waals surface area contributed by atoms with Gasteiger partial charge >= 0.3 is 5.97 Å². The zero-order valence-corrected chi connectivity index (χ0v) is 11.6. The lowest BCUT2D eigenvalue weighted by Crippen LogP contribution is -2.33. The van der Waals surface area contributed by atoms with Crippen LogP contribution < -0.4 is 4.90 Å². The van der Waals surface area contributed by atoms with Gasteiger partial charge in [-0.05, 0) is 25.0 Å². The van der Waals surface area contributed by atoms with Crippen LogP contribution >= 0.6 is 0 Å². The Kier molecular flexibility index (Phi) is 6.06. The van der Waals surface area contributed by atoms with Crippen LogP contribution in [0.1, 0.15) is 38.2 Å². The van der Waals surface area contributed by atoms with Crippen molar-refractivity contribution in [3.8, 4) is 0 Å². The molecule has 1 aromatic rings. The number of aliphatic carboxylic acids is 1. The molecule has 1 amide bonds. The van der Waals surface area contributed by atoms with Crippen LogP contribution in [-0.2, 0) is 9.59 Å². The van der Waals surface area contributed by atoms with E-state index in [4.69, 9.17) is 5.11 Å². The van der Waals surface area contributed by atoms with Crippen LogP contribution in [0.5, 0.6) is 0 Å². The van der Waals surface area contributed by atoms with E-state index in [9.17, 15) is 9.59 Å². The van der Waals surface area contributed by atoms with Crippen LogP contribution in [0.4, 0.5) is 5.69 Å². The zero-order chi connectivity index (χ0) is 14.3. The minimum atomic E-state index is -0.887. The Morgan fingerprint density at radius 3 is 2.47 bits per heavy atom. The largest absolute Gasteiger partial charge is 0.481 e. The van der Waals surface area contributed by atoms with Crippen LogP contribution in [0.15, 0.2) is 24.3 Å². The Morgan fingerprint density at radius 1 is 1.21 bits per heavy atom. The summed E-state index contributed by atoms with van der Waals surface area (Å²) in [6.45, 7) is 4.18. The molecule has 1 aromatic carbocycles. The molecule has 4 heteroatoms. The summed E-state index contributed by atoms with van der Waals surface area (Å²) in [6, 6.07) is 7.56. The highest BCUT2D eigenvalue weighted by atomic mass is 16.4. The summed E-state index contributed by atoms with van der Waals surface area (Å²) in [5, 5.41) is 8.80. The number of benzene rings is 1. The Morgan fingerprint density at radius 2 is 1.89 bits per heavy atom. The third kappa shape index (κ3) is 4.73. The lowest BCUT2D eigenvalue weighted by atomic mass is 10.1. The molecule has 1 N–H and O–H groups in total. The maximum absolute atomic E-state index is 12.2. The van der Waals surface area contributed by atoms with Crippen LogP contribution in [0.25, 0.3) is 0 Å². The highest BCUT2D eigenvalue weighted by Gasteiger charge is 2.17. The first-order chi connectivity index (χ1) is 9.06. The summed E-state index contributed by atoms with van der Waals surface area (Å²) >= 11 is 0. The van der Waals surface area contributed by atoms with Gasteiger partial charge in [-0.25, -0.2) is 0 Å². The quantitative estimate of drug-likeness (QED) is 0.822. The number of carboxylic acids is 1. The second-order valence-corrected chi connectivity index (χ2v) is 4.58. The normalized spacial score (nSPS) is 10.2. The van der Waals surface area contributed by atoms with Crippen LogP contribution in [-0.4, -0.2) is 23.5 Å². The fourth-order valence-corrected chi connectivity index (χ4v) is 1.92. The molecule has 0 atom stereocenters. The number of rotatable bonds is 7. The van der Waals surface area contributed by atoms with Gasteiger partial charge in [0.25, 0.3) is 0 Å². The smallest absolute Gasteiger partial charge is 0.305 e. The maximum Gasteiger partial charge on any atom is 0.305 e. The first kappa shape index (κ1) is 15.2. The van der Waals surface area contributed by atoms with Crippen LogP contribution in [0, 0.1) is 6.92 Å². The number of nitrogens with zero attached hydrogens (tertiary/aromatic N) is 1. The summed E-state index contributed by atoms with van der Waals surface area (Å²) in [5.74, 6) is -0.890. The molecule has 0 aliphatic rings. The minimum absolute atomic E-state index is 0.00241. The van der Waals surface area contributed by atoms with E-state index in [0.717, 1.165) is 24.1 Å². The summed E-state index contributed by atoms with van der Waals surface area (Å²) in [7, 11) is 0. The predicted molar refractivity (Wildman–Crippen MR) is 75.3 cm³/mol. The van der Waals surface area contributed by atoms with E-state index in [2.05, 4.69) is 0 Å². The fraction of sp³-hybridized carbons (Fsp3) is 0.467. The van der Waals surface area contributed by atoms with Crippen LogP contribution in [0.2, 0.25) is 0 Å². The topological polar surface area (TPSA) is 57.6 Å². The number of unbranched alkanes of at least 4 members (excludes halogenated alkanes) is 1. The molecule has 0 saturated heterocycles. The Hall–Kier alpha value is -1.84. The molecule has 0 radical (unpaired) electrons. The molecule has 0 aliphatic heterocycles. The summed E-state index contributed by atoms with van der Waals surface area (Å²) in [5.41, 5.74) is 1.79. The summed E-state index contributed by atoms with van der Waals surface area (Å²) in [4.78, 5) is 24.5. The first-order valence-corrected chi connectivity index (χ1v) is 6.64. The van der Waals surface area contributed by atoms with Crippen molar-refractivity contribution in [2.24, 2.45) is 0 Å². The third-order valence-corrected chi connectivity index (χ3v) is 3.00. The van der Waals surface area contributed by atoms with E-state index in [1.54, 1.807) is 4.90 Å². The van der Waals surface area contributed by atoms with E-state index >= 15 is 0 Å². The lowest BCUT2D eigenvalue weighted by molar-refractivity contribution is -0.136. The van der Waals surface area contributed by atoms with Crippen LogP contribution in [0.3, 0.4) is 0 Å². The highest BCUT2D eigenvalue weighted by molar-refractivity contribution is 5.94. The number of amides is 1. The van der Waals surface area contributed by atoms with Gasteiger partial charge in [-0.2, -0.15) is 0 Å². The molecule has 0 unspecified atom stereocenters. The molecule has 104 valence electrons. The second-order valence-electron chi connectivity index (χ2n) is 4.58. The van der Waals surface area contributed by atoms with Crippen molar-refractivity contribution in [2.75, 3.05) is 11.4 Å². The predicted octanol–water partition coefficient (Wildman–Crippen LogP) is 2.99. The van der Waals surface area contributed by atoms with Crippen molar-refractivity contribution in [3.63, 3.8) is 0 Å². The number of carboxylic acid groups (broad SMARTS) is 1. The molecule has 0 spiro atoms. The Labute approximate surface area is 114 Å². The van der Waals surface area contributed by atoms with Gasteiger partial charge in [0.1, 0.15) is 0 Å². The Balaban J connectivity index is 2.88. The van der Waals surface area contributed by atoms with Gasteiger partial charge in [-0.15, -0.1) is 0 Å². The van der Waals surface area contributed by atoms with Crippen molar-refractivity contribution < 1.29 is 14.7 Å². The zero-order valence-electron chi connectivity index (χ0n) is 11.6. The standard InChI is InChI=1S/C15H21NO3/c1-3-4-9-14(17)16(11-10-15(18)19)13-8-6-5-7-12(13)2/h5-8H,3-4,9-11H2,1-2H3,(H,18,19). The fourth-order valence-electron chi connectivity index (χ4n) is 1.92. The first-order valence-electron chi connectivity index (χ1n) is 6.64. The molecule has 19 heavy (non-hydrogen) atoms. The van der Waals surface area contributed by atoms with Gasteiger partial charge in [0.05, 0.1) is 6.42 Å². The van der Waals surface area contributed by atoms with Gasteiger partial charge in [0.15, 0.2) is 0 Å². The third-order valence-electron chi connectivity index (χ3n) is 3.00. The van der Waals surface area contributed by atoms with Crippen molar-refractivity contribution in [3.05, 3.63) is 29.8 Å². The molecule has 0 bridgehead atoms. The highest BCUT2D eigenvalue weighted by Crippen LogP contribution is 2.21. The molecule has 0 aliphatic carbocycles. The number of carbonyl (C=O) groups excluding carboxylic acids is 1. The monoisotopic (exact) mass is 263 g/mol. The number of para-hydroxylation sites is 1. The van der Waals surface area contributed by atoms with E-state index < -0.39 is 5.97 Å².